The van der Waals surface area contributed by atoms with Crippen molar-refractivity contribution in [2.45, 2.75) is 25.8 Å². The molecule has 0 amide bonds. The smallest absolute Gasteiger partial charge is 0.136 e. The van der Waals surface area contributed by atoms with Gasteiger partial charge in [0.05, 0.1) is 17.6 Å². The number of aryl methyl sites for hydroxylation is 2. The van der Waals surface area contributed by atoms with Gasteiger partial charge in [0.1, 0.15) is 10.8 Å². The first-order valence-electron chi connectivity index (χ1n) is 6.18. The number of thiocarbonyl (C=S) groups is 1. The van der Waals surface area contributed by atoms with Crippen LogP contribution in [0.3, 0.4) is 0 Å². The molecule has 4 nitrogen and oxygen atoms in total. The van der Waals surface area contributed by atoms with Crippen LogP contribution >= 0.6 is 23.6 Å². The first-order chi connectivity index (χ1) is 9.24. The van der Waals surface area contributed by atoms with Gasteiger partial charge in [0.2, 0.25) is 0 Å². The SMILES string of the molecule is NC(=S)c1cc2c(nc1NCc1cncs1)CCC2. The van der Waals surface area contributed by atoms with Crippen LogP contribution in [0.1, 0.15) is 28.1 Å². The van der Waals surface area contributed by atoms with E-state index in [-0.39, 0.29) is 0 Å². The van der Waals surface area contributed by atoms with E-state index < -0.39 is 0 Å². The summed E-state index contributed by atoms with van der Waals surface area (Å²) in [5.74, 6) is 0.793. The average Bonchev–Trinajstić information content (AvgIpc) is 3.05. The summed E-state index contributed by atoms with van der Waals surface area (Å²) in [5.41, 5.74) is 10.9. The van der Waals surface area contributed by atoms with E-state index >= 15 is 0 Å². The highest BCUT2D eigenvalue weighted by molar-refractivity contribution is 7.80. The van der Waals surface area contributed by atoms with Crippen LogP contribution in [-0.2, 0) is 19.4 Å². The molecule has 0 aliphatic heterocycles. The van der Waals surface area contributed by atoms with Crippen molar-refractivity contribution in [3.8, 4) is 0 Å². The Morgan fingerprint density at radius 2 is 2.37 bits per heavy atom. The van der Waals surface area contributed by atoms with Gasteiger partial charge in [-0.3, -0.25) is 4.98 Å². The van der Waals surface area contributed by atoms with Crippen LogP contribution in [0.15, 0.2) is 17.8 Å². The predicted molar refractivity (Wildman–Crippen MR) is 81.6 cm³/mol. The first-order valence-corrected chi connectivity index (χ1v) is 7.46. The van der Waals surface area contributed by atoms with Gasteiger partial charge in [-0.25, -0.2) is 4.98 Å². The third-order valence-corrected chi connectivity index (χ3v) is 4.23. The summed E-state index contributed by atoms with van der Waals surface area (Å²) in [4.78, 5) is 10.3. The fraction of sp³-hybridized carbons (Fsp3) is 0.308. The van der Waals surface area contributed by atoms with Crippen molar-refractivity contribution in [3.63, 3.8) is 0 Å². The van der Waals surface area contributed by atoms with Crippen molar-refractivity contribution in [2.75, 3.05) is 5.32 Å². The zero-order chi connectivity index (χ0) is 13.2. The van der Waals surface area contributed by atoms with Crippen molar-refractivity contribution in [3.05, 3.63) is 39.5 Å². The monoisotopic (exact) mass is 290 g/mol. The summed E-state index contributed by atoms with van der Waals surface area (Å²) in [6.07, 6.45) is 5.14. The van der Waals surface area contributed by atoms with Crippen LogP contribution in [0, 0.1) is 0 Å². The quantitative estimate of drug-likeness (QED) is 0.846. The van der Waals surface area contributed by atoms with Crippen LogP contribution in [0.5, 0.6) is 0 Å². The molecule has 19 heavy (non-hydrogen) atoms. The van der Waals surface area contributed by atoms with Crippen molar-refractivity contribution in [1.82, 2.24) is 9.97 Å². The predicted octanol–water partition coefficient (Wildman–Crippen LogP) is 2.27. The number of rotatable bonds is 4. The molecule has 2 aromatic rings. The van der Waals surface area contributed by atoms with Crippen molar-refractivity contribution in [1.29, 1.82) is 0 Å². The van der Waals surface area contributed by atoms with Crippen LogP contribution in [0.25, 0.3) is 0 Å². The van der Waals surface area contributed by atoms with E-state index in [0.29, 0.717) is 11.5 Å². The highest BCUT2D eigenvalue weighted by Gasteiger charge is 2.17. The molecule has 2 aromatic heterocycles. The molecule has 1 aliphatic rings. The molecule has 0 atom stereocenters. The molecule has 0 unspecified atom stereocenters. The summed E-state index contributed by atoms with van der Waals surface area (Å²) < 4.78 is 0. The van der Waals surface area contributed by atoms with Crippen LogP contribution < -0.4 is 11.1 Å². The highest BCUT2D eigenvalue weighted by atomic mass is 32.1. The Balaban J connectivity index is 1.88. The number of pyridine rings is 1. The van der Waals surface area contributed by atoms with Gasteiger partial charge in [0.25, 0.3) is 0 Å². The van der Waals surface area contributed by atoms with Crippen LogP contribution in [-0.4, -0.2) is 15.0 Å². The normalized spacial score (nSPS) is 13.3. The second-order valence-electron chi connectivity index (χ2n) is 4.53. The lowest BCUT2D eigenvalue weighted by Gasteiger charge is -2.12. The molecule has 6 heteroatoms. The van der Waals surface area contributed by atoms with Gasteiger partial charge >= 0.3 is 0 Å². The zero-order valence-corrected chi connectivity index (χ0v) is 12.0. The Morgan fingerprint density at radius 3 is 3.11 bits per heavy atom. The molecule has 3 rings (SSSR count). The second-order valence-corrected chi connectivity index (χ2v) is 5.94. The van der Waals surface area contributed by atoms with E-state index in [2.05, 4.69) is 21.4 Å². The van der Waals surface area contributed by atoms with Crippen molar-refractivity contribution >= 4 is 34.4 Å². The van der Waals surface area contributed by atoms with Crippen LogP contribution in [0.2, 0.25) is 0 Å². The fourth-order valence-corrected chi connectivity index (χ4v) is 2.98. The summed E-state index contributed by atoms with van der Waals surface area (Å²) in [6, 6.07) is 2.09. The van der Waals surface area contributed by atoms with E-state index in [9.17, 15) is 0 Å². The maximum absolute atomic E-state index is 5.80. The van der Waals surface area contributed by atoms with Gasteiger partial charge in [-0.15, -0.1) is 11.3 Å². The molecule has 0 aromatic carbocycles. The largest absolute Gasteiger partial charge is 0.389 e. The Bertz CT molecular complexity index is 607. The lowest BCUT2D eigenvalue weighted by atomic mass is 10.1. The second kappa shape index (κ2) is 5.22. The number of thiazole rings is 1. The number of aromatic nitrogens is 2. The van der Waals surface area contributed by atoms with Gasteiger partial charge in [-0.2, -0.15) is 0 Å². The molecular formula is C13H14N4S2. The lowest BCUT2D eigenvalue weighted by molar-refractivity contribution is 0.899. The number of hydrogen-bond donors (Lipinski definition) is 2. The van der Waals surface area contributed by atoms with E-state index in [1.54, 1.807) is 11.3 Å². The molecule has 0 saturated carbocycles. The highest BCUT2D eigenvalue weighted by Crippen LogP contribution is 2.25. The topological polar surface area (TPSA) is 63.8 Å². The number of anilines is 1. The van der Waals surface area contributed by atoms with E-state index in [1.807, 2.05) is 11.7 Å². The fourth-order valence-electron chi connectivity index (χ4n) is 2.29. The summed E-state index contributed by atoms with van der Waals surface area (Å²) in [7, 11) is 0. The Kier molecular flexibility index (Phi) is 3.44. The Labute approximate surface area is 121 Å². The Morgan fingerprint density at radius 1 is 1.47 bits per heavy atom. The molecular weight excluding hydrogens is 276 g/mol. The molecule has 98 valence electrons. The third-order valence-electron chi connectivity index (χ3n) is 3.23. The molecule has 0 saturated heterocycles. The summed E-state index contributed by atoms with van der Waals surface area (Å²) >= 11 is 6.74. The molecule has 0 bridgehead atoms. The standard InChI is InChI=1S/C13H14N4S2/c14-12(18)10-4-8-2-1-3-11(8)17-13(10)16-6-9-5-15-7-19-9/h4-5,7H,1-3,6H2,(H2,14,18)(H,16,17). The van der Waals surface area contributed by atoms with Gasteiger partial charge in [0.15, 0.2) is 0 Å². The lowest BCUT2D eigenvalue weighted by Crippen LogP contribution is -2.15. The zero-order valence-electron chi connectivity index (χ0n) is 10.3. The maximum atomic E-state index is 5.80. The van der Waals surface area contributed by atoms with Gasteiger partial charge in [0, 0.05) is 16.8 Å². The number of hydrogen-bond acceptors (Lipinski definition) is 5. The molecule has 2 heterocycles. The Hall–Kier alpha value is -1.53. The van der Waals surface area contributed by atoms with Gasteiger partial charge < -0.3 is 11.1 Å². The van der Waals surface area contributed by atoms with Crippen molar-refractivity contribution in [2.24, 2.45) is 5.73 Å². The van der Waals surface area contributed by atoms with E-state index in [4.69, 9.17) is 18.0 Å². The van der Waals surface area contributed by atoms with E-state index in [1.165, 1.54) is 11.3 Å². The molecule has 3 N–H and O–H groups in total. The summed E-state index contributed by atoms with van der Waals surface area (Å²) in [5, 5.41) is 3.32. The molecule has 1 aliphatic carbocycles. The van der Waals surface area contributed by atoms with Gasteiger partial charge in [-0.1, -0.05) is 12.2 Å². The maximum Gasteiger partial charge on any atom is 0.136 e. The van der Waals surface area contributed by atoms with Crippen molar-refractivity contribution < 1.29 is 0 Å². The first kappa shape index (κ1) is 12.5. The average molecular weight is 290 g/mol. The molecule has 0 fully saturated rings. The summed E-state index contributed by atoms with van der Waals surface area (Å²) in [6.45, 7) is 0.700. The minimum Gasteiger partial charge on any atom is -0.389 e. The number of fused-ring (bicyclic) bond motifs is 1. The molecule has 0 radical (unpaired) electrons. The minimum absolute atomic E-state index is 0.397. The number of nitrogens with two attached hydrogens (primary N) is 1. The third kappa shape index (κ3) is 2.59. The minimum atomic E-state index is 0.397. The van der Waals surface area contributed by atoms with Gasteiger partial charge in [-0.05, 0) is 30.9 Å². The number of nitrogens with zero attached hydrogens (tertiary/aromatic N) is 2. The van der Waals surface area contributed by atoms with E-state index in [0.717, 1.165) is 35.5 Å². The van der Waals surface area contributed by atoms with Crippen LogP contribution in [0.4, 0.5) is 5.82 Å². The number of nitrogens with one attached hydrogen (secondary N) is 1. The molecule has 0 spiro atoms.